The molecule has 1 saturated heterocycles. The van der Waals surface area contributed by atoms with Crippen LogP contribution in [0.5, 0.6) is 0 Å². The third-order valence-electron chi connectivity index (χ3n) is 3.64. The molecule has 0 unspecified atom stereocenters. The van der Waals surface area contributed by atoms with Crippen molar-refractivity contribution in [3.05, 3.63) is 33.8 Å². The smallest absolute Gasteiger partial charge is 0.227 e. The summed E-state index contributed by atoms with van der Waals surface area (Å²) in [4.78, 5) is 14.1. The van der Waals surface area contributed by atoms with Crippen molar-refractivity contribution in [1.29, 1.82) is 0 Å². The van der Waals surface area contributed by atoms with E-state index < -0.39 is 0 Å². The van der Waals surface area contributed by atoms with E-state index in [1.54, 1.807) is 18.2 Å². The number of hydrogen-bond acceptors (Lipinski definition) is 2. The lowest BCUT2D eigenvalue weighted by molar-refractivity contribution is -0.131. The van der Waals surface area contributed by atoms with Crippen LogP contribution in [0.25, 0.3) is 0 Å². The van der Waals surface area contributed by atoms with Gasteiger partial charge in [-0.25, -0.2) is 0 Å². The zero-order valence-electron chi connectivity index (χ0n) is 11.0. The van der Waals surface area contributed by atoms with Crippen LogP contribution >= 0.6 is 23.2 Å². The van der Waals surface area contributed by atoms with Gasteiger partial charge >= 0.3 is 0 Å². The number of carbonyl (C=O) groups excluding carboxylic acids is 1. The van der Waals surface area contributed by atoms with Crippen LogP contribution in [-0.2, 0) is 11.2 Å². The minimum Gasteiger partial charge on any atom is -0.342 e. The van der Waals surface area contributed by atoms with Crippen LogP contribution in [0.2, 0.25) is 10.0 Å². The molecule has 3 nitrogen and oxygen atoms in total. The predicted molar refractivity (Wildman–Crippen MR) is 78.8 cm³/mol. The molecule has 0 radical (unpaired) electrons. The maximum Gasteiger partial charge on any atom is 0.227 e. The second-order valence-electron chi connectivity index (χ2n) is 4.86. The van der Waals surface area contributed by atoms with Crippen LogP contribution < -0.4 is 5.32 Å². The van der Waals surface area contributed by atoms with E-state index >= 15 is 0 Å². The minimum atomic E-state index is 0.0712. The summed E-state index contributed by atoms with van der Waals surface area (Å²) in [6, 6.07) is 5.63. The van der Waals surface area contributed by atoms with Crippen LogP contribution in [0, 0.1) is 0 Å². The fourth-order valence-electron chi connectivity index (χ4n) is 2.37. The Morgan fingerprint density at radius 2 is 1.89 bits per heavy atom. The molecule has 1 aromatic carbocycles. The molecule has 2 rings (SSSR count). The van der Waals surface area contributed by atoms with Gasteiger partial charge in [0.1, 0.15) is 0 Å². The second-order valence-corrected chi connectivity index (χ2v) is 5.68. The normalized spacial score (nSPS) is 16.4. The summed E-state index contributed by atoms with van der Waals surface area (Å²) >= 11 is 12.2. The number of amides is 1. The summed E-state index contributed by atoms with van der Waals surface area (Å²) in [5, 5.41) is 4.41. The Bertz CT molecular complexity index is 439. The van der Waals surface area contributed by atoms with E-state index in [1.807, 2.05) is 11.9 Å². The Morgan fingerprint density at radius 1 is 1.32 bits per heavy atom. The molecule has 1 aromatic rings. The Morgan fingerprint density at radius 3 is 2.47 bits per heavy atom. The standard InChI is InChI=1S/C14H18Cl2N2O/c1-18(10-5-7-17-8-6-10)14(19)9-11-12(15)3-2-4-13(11)16/h2-4,10,17H,5-9H2,1H3. The van der Waals surface area contributed by atoms with E-state index in [9.17, 15) is 4.79 Å². The molecule has 1 fully saturated rings. The third-order valence-corrected chi connectivity index (χ3v) is 4.35. The van der Waals surface area contributed by atoms with Crippen molar-refractivity contribution in [2.45, 2.75) is 25.3 Å². The van der Waals surface area contributed by atoms with E-state index in [2.05, 4.69) is 5.32 Å². The van der Waals surface area contributed by atoms with Crippen LogP contribution in [-0.4, -0.2) is 37.0 Å². The molecular weight excluding hydrogens is 283 g/mol. The number of nitrogens with zero attached hydrogens (tertiary/aromatic N) is 1. The molecular formula is C14H18Cl2N2O. The Balaban J connectivity index is 2.04. The SMILES string of the molecule is CN(C(=O)Cc1c(Cl)cccc1Cl)C1CCNCC1. The Hall–Kier alpha value is -0.770. The van der Waals surface area contributed by atoms with Gasteiger partial charge in [-0.05, 0) is 43.6 Å². The topological polar surface area (TPSA) is 32.3 Å². The van der Waals surface area contributed by atoms with Gasteiger partial charge in [0.15, 0.2) is 0 Å². The van der Waals surface area contributed by atoms with Crippen LogP contribution in [0.15, 0.2) is 18.2 Å². The van der Waals surface area contributed by atoms with Gasteiger partial charge in [0.05, 0.1) is 6.42 Å². The molecule has 104 valence electrons. The zero-order valence-corrected chi connectivity index (χ0v) is 12.5. The van der Waals surface area contributed by atoms with E-state index in [0.29, 0.717) is 16.1 Å². The van der Waals surface area contributed by atoms with Gasteiger partial charge in [-0.15, -0.1) is 0 Å². The quantitative estimate of drug-likeness (QED) is 0.931. The fourth-order valence-corrected chi connectivity index (χ4v) is 2.91. The Kier molecular flexibility index (Phi) is 5.08. The number of piperidine rings is 1. The predicted octanol–water partition coefficient (Wildman–Crippen LogP) is 2.75. The highest BCUT2D eigenvalue weighted by atomic mass is 35.5. The number of benzene rings is 1. The molecule has 1 heterocycles. The molecule has 19 heavy (non-hydrogen) atoms. The first-order valence-electron chi connectivity index (χ1n) is 6.49. The summed E-state index contributed by atoms with van der Waals surface area (Å²) in [6.45, 7) is 1.93. The van der Waals surface area contributed by atoms with E-state index in [0.717, 1.165) is 31.5 Å². The molecule has 0 saturated carbocycles. The molecule has 1 aliphatic heterocycles. The Labute approximate surface area is 123 Å². The van der Waals surface area contributed by atoms with Gasteiger partial charge in [-0.3, -0.25) is 4.79 Å². The van der Waals surface area contributed by atoms with Crippen LogP contribution in [0.3, 0.4) is 0 Å². The van der Waals surface area contributed by atoms with Gasteiger partial charge in [-0.1, -0.05) is 29.3 Å². The molecule has 1 aliphatic rings. The van der Waals surface area contributed by atoms with E-state index in [-0.39, 0.29) is 12.3 Å². The maximum atomic E-state index is 12.3. The summed E-state index contributed by atoms with van der Waals surface area (Å²) in [6.07, 6.45) is 2.26. The lowest BCUT2D eigenvalue weighted by atomic mass is 10.0. The van der Waals surface area contributed by atoms with Crippen molar-refractivity contribution < 1.29 is 4.79 Å². The van der Waals surface area contributed by atoms with Crippen molar-refractivity contribution in [2.75, 3.05) is 20.1 Å². The third kappa shape index (κ3) is 3.62. The van der Waals surface area contributed by atoms with Gasteiger partial charge in [0, 0.05) is 23.1 Å². The van der Waals surface area contributed by atoms with Crippen molar-refractivity contribution in [2.24, 2.45) is 0 Å². The lowest BCUT2D eigenvalue weighted by Crippen LogP contribution is -2.44. The first kappa shape index (κ1) is 14.6. The summed E-state index contributed by atoms with van der Waals surface area (Å²) in [5.41, 5.74) is 0.719. The van der Waals surface area contributed by atoms with Crippen molar-refractivity contribution in [3.63, 3.8) is 0 Å². The number of nitrogens with one attached hydrogen (secondary N) is 1. The van der Waals surface area contributed by atoms with Crippen molar-refractivity contribution >= 4 is 29.1 Å². The number of rotatable bonds is 3. The monoisotopic (exact) mass is 300 g/mol. The molecule has 0 bridgehead atoms. The molecule has 1 amide bonds. The van der Waals surface area contributed by atoms with Crippen molar-refractivity contribution in [3.8, 4) is 0 Å². The average Bonchev–Trinajstić information content (AvgIpc) is 2.43. The van der Waals surface area contributed by atoms with Crippen LogP contribution in [0.1, 0.15) is 18.4 Å². The molecule has 1 N–H and O–H groups in total. The van der Waals surface area contributed by atoms with Gasteiger partial charge in [0.2, 0.25) is 5.91 Å². The maximum absolute atomic E-state index is 12.3. The number of halogens is 2. The van der Waals surface area contributed by atoms with Crippen molar-refractivity contribution in [1.82, 2.24) is 10.2 Å². The molecule has 0 aliphatic carbocycles. The molecule has 0 aromatic heterocycles. The zero-order chi connectivity index (χ0) is 13.8. The molecule has 0 atom stereocenters. The first-order valence-corrected chi connectivity index (χ1v) is 7.24. The summed E-state index contributed by atoms with van der Waals surface area (Å²) < 4.78 is 0. The van der Waals surface area contributed by atoms with E-state index in [4.69, 9.17) is 23.2 Å². The minimum absolute atomic E-state index is 0.0712. The van der Waals surface area contributed by atoms with Crippen LogP contribution in [0.4, 0.5) is 0 Å². The average molecular weight is 301 g/mol. The fraction of sp³-hybridized carbons (Fsp3) is 0.500. The van der Waals surface area contributed by atoms with Gasteiger partial charge in [-0.2, -0.15) is 0 Å². The summed E-state index contributed by atoms with van der Waals surface area (Å²) in [5.74, 6) is 0.0712. The summed E-state index contributed by atoms with van der Waals surface area (Å²) in [7, 11) is 1.86. The highest BCUT2D eigenvalue weighted by Gasteiger charge is 2.23. The number of likely N-dealkylation sites (N-methyl/N-ethyl adjacent to an activating group) is 1. The second kappa shape index (κ2) is 6.60. The van der Waals surface area contributed by atoms with E-state index in [1.165, 1.54) is 0 Å². The molecule has 5 heteroatoms. The molecule has 0 spiro atoms. The largest absolute Gasteiger partial charge is 0.342 e. The highest BCUT2D eigenvalue weighted by Crippen LogP contribution is 2.25. The number of carbonyl (C=O) groups is 1. The lowest BCUT2D eigenvalue weighted by Gasteiger charge is -2.31. The first-order chi connectivity index (χ1) is 9.09. The highest BCUT2D eigenvalue weighted by molar-refractivity contribution is 6.36. The number of hydrogen-bond donors (Lipinski definition) is 1. The van der Waals surface area contributed by atoms with Gasteiger partial charge < -0.3 is 10.2 Å². The van der Waals surface area contributed by atoms with Gasteiger partial charge in [0.25, 0.3) is 0 Å².